The molecule has 20 heavy (non-hydrogen) atoms. The van der Waals surface area contributed by atoms with Gasteiger partial charge in [0.1, 0.15) is 6.61 Å². The first-order valence-electron chi connectivity index (χ1n) is 6.63. The van der Waals surface area contributed by atoms with Crippen LogP contribution in [0.2, 0.25) is 0 Å². The summed E-state index contributed by atoms with van der Waals surface area (Å²) in [5.74, 6) is -1.47. The molecular weight excluding hydrogens is 261 g/mol. The Bertz CT molecular complexity index is 470. The lowest BCUT2D eigenvalue weighted by Crippen LogP contribution is -2.28. The summed E-state index contributed by atoms with van der Waals surface area (Å²) in [6, 6.07) is 4.44. The highest BCUT2D eigenvalue weighted by molar-refractivity contribution is 5.85. The molecule has 1 rings (SSSR count). The second kappa shape index (κ2) is 8.32. The van der Waals surface area contributed by atoms with Crippen molar-refractivity contribution < 1.29 is 19.0 Å². The van der Waals surface area contributed by atoms with Gasteiger partial charge < -0.3 is 14.7 Å². The first-order chi connectivity index (χ1) is 9.58. The fraction of sp³-hybridized carbons (Fsp3) is 0.400. The van der Waals surface area contributed by atoms with Crippen LogP contribution in [-0.2, 0) is 4.79 Å². The zero-order valence-electron chi connectivity index (χ0n) is 11.8. The monoisotopic (exact) mass is 281 g/mol. The van der Waals surface area contributed by atoms with Crippen LogP contribution in [0.5, 0.6) is 5.75 Å². The topological polar surface area (TPSA) is 49.8 Å². The molecule has 0 aliphatic rings. The van der Waals surface area contributed by atoms with Gasteiger partial charge in [-0.05, 0) is 25.2 Å². The number of hydrogen-bond donors (Lipinski definition) is 1. The Morgan fingerprint density at radius 3 is 2.70 bits per heavy atom. The number of nitrogens with zero attached hydrogens (tertiary/aromatic N) is 1. The van der Waals surface area contributed by atoms with Crippen molar-refractivity contribution in [2.75, 3.05) is 26.2 Å². The van der Waals surface area contributed by atoms with Crippen LogP contribution in [0.3, 0.4) is 0 Å². The maximum Gasteiger partial charge on any atom is 0.328 e. The standard InChI is InChI=1S/C15H20FNO3/c1-3-17(4-2)10-11-20-15-12(8-9-14(18)19)6-5-7-13(15)16/h5-9H,3-4,10-11H2,1-2H3,(H,18,19)/b9-8+. The van der Waals surface area contributed by atoms with E-state index in [4.69, 9.17) is 9.84 Å². The van der Waals surface area contributed by atoms with E-state index in [1.165, 1.54) is 18.2 Å². The van der Waals surface area contributed by atoms with E-state index in [0.717, 1.165) is 19.2 Å². The van der Waals surface area contributed by atoms with Gasteiger partial charge in [0, 0.05) is 18.2 Å². The van der Waals surface area contributed by atoms with Gasteiger partial charge in [0.2, 0.25) is 0 Å². The van der Waals surface area contributed by atoms with Gasteiger partial charge in [0.05, 0.1) is 0 Å². The SMILES string of the molecule is CCN(CC)CCOc1c(F)cccc1/C=C/C(=O)O. The molecule has 110 valence electrons. The lowest BCUT2D eigenvalue weighted by atomic mass is 10.2. The van der Waals surface area contributed by atoms with Crippen molar-refractivity contribution in [1.29, 1.82) is 0 Å². The third-order valence-electron chi connectivity index (χ3n) is 2.95. The highest BCUT2D eigenvalue weighted by Gasteiger charge is 2.09. The van der Waals surface area contributed by atoms with Crippen LogP contribution in [0.4, 0.5) is 4.39 Å². The normalized spacial score (nSPS) is 11.2. The predicted molar refractivity (Wildman–Crippen MR) is 76.4 cm³/mol. The predicted octanol–water partition coefficient (Wildman–Crippen LogP) is 2.64. The molecule has 5 heteroatoms. The Morgan fingerprint density at radius 1 is 1.40 bits per heavy atom. The molecule has 0 radical (unpaired) electrons. The summed E-state index contributed by atoms with van der Waals surface area (Å²) >= 11 is 0. The molecule has 1 aromatic rings. The largest absolute Gasteiger partial charge is 0.489 e. The molecule has 0 spiro atoms. The zero-order chi connectivity index (χ0) is 15.0. The lowest BCUT2D eigenvalue weighted by Gasteiger charge is -2.18. The minimum atomic E-state index is -1.08. The van der Waals surface area contributed by atoms with Crippen molar-refractivity contribution in [1.82, 2.24) is 4.90 Å². The number of hydrogen-bond acceptors (Lipinski definition) is 3. The molecule has 0 saturated carbocycles. The summed E-state index contributed by atoms with van der Waals surface area (Å²) in [5, 5.41) is 8.62. The quantitative estimate of drug-likeness (QED) is 0.744. The molecule has 1 N–H and O–H groups in total. The average molecular weight is 281 g/mol. The Balaban J connectivity index is 2.75. The molecule has 0 heterocycles. The van der Waals surface area contributed by atoms with E-state index in [2.05, 4.69) is 4.90 Å². The van der Waals surface area contributed by atoms with Gasteiger partial charge in [0.25, 0.3) is 0 Å². The second-order valence-electron chi connectivity index (χ2n) is 4.21. The summed E-state index contributed by atoms with van der Waals surface area (Å²) < 4.78 is 19.2. The van der Waals surface area contributed by atoms with Gasteiger partial charge in [-0.1, -0.05) is 26.0 Å². The lowest BCUT2D eigenvalue weighted by molar-refractivity contribution is -0.131. The number of halogens is 1. The minimum Gasteiger partial charge on any atom is -0.489 e. The van der Waals surface area contributed by atoms with Crippen molar-refractivity contribution in [2.24, 2.45) is 0 Å². The number of carbonyl (C=O) groups is 1. The molecule has 0 amide bonds. The molecular formula is C15H20FNO3. The molecule has 0 aliphatic heterocycles. The second-order valence-corrected chi connectivity index (χ2v) is 4.21. The molecule has 0 unspecified atom stereocenters. The third-order valence-corrected chi connectivity index (χ3v) is 2.95. The fourth-order valence-electron chi connectivity index (χ4n) is 1.79. The number of rotatable bonds is 8. The Labute approximate surface area is 118 Å². The van der Waals surface area contributed by atoms with Crippen LogP contribution in [0, 0.1) is 5.82 Å². The van der Waals surface area contributed by atoms with E-state index >= 15 is 0 Å². The van der Waals surface area contributed by atoms with Gasteiger partial charge in [-0.15, -0.1) is 0 Å². The van der Waals surface area contributed by atoms with Crippen LogP contribution in [-0.4, -0.2) is 42.2 Å². The van der Waals surface area contributed by atoms with E-state index in [1.807, 2.05) is 13.8 Å². The van der Waals surface area contributed by atoms with Crippen LogP contribution in [0.25, 0.3) is 6.08 Å². The summed E-state index contributed by atoms with van der Waals surface area (Å²) in [7, 11) is 0. The first kappa shape index (κ1) is 16.2. The Hall–Kier alpha value is -1.88. The smallest absolute Gasteiger partial charge is 0.328 e. The van der Waals surface area contributed by atoms with E-state index in [9.17, 15) is 9.18 Å². The summed E-state index contributed by atoms with van der Waals surface area (Å²) in [6.45, 7) is 6.97. The molecule has 0 atom stereocenters. The first-order valence-corrected chi connectivity index (χ1v) is 6.63. The summed E-state index contributed by atoms with van der Waals surface area (Å²) in [6.07, 6.45) is 2.30. The van der Waals surface area contributed by atoms with Gasteiger partial charge >= 0.3 is 5.97 Å². The number of para-hydroxylation sites is 1. The maximum absolute atomic E-state index is 13.7. The highest BCUT2D eigenvalue weighted by atomic mass is 19.1. The van der Waals surface area contributed by atoms with Gasteiger partial charge in [-0.2, -0.15) is 0 Å². The number of aliphatic carboxylic acids is 1. The number of ether oxygens (including phenoxy) is 1. The number of carboxylic acid groups (broad SMARTS) is 1. The van der Waals surface area contributed by atoms with E-state index in [-0.39, 0.29) is 5.75 Å². The number of benzene rings is 1. The van der Waals surface area contributed by atoms with Crippen molar-refractivity contribution in [3.63, 3.8) is 0 Å². The third kappa shape index (κ3) is 5.01. The molecule has 0 saturated heterocycles. The molecule has 1 aromatic carbocycles. The molecule has 0 bridgehead atoms. The Kier molecular flexibility index (Phi) is 6.73. The van der Waals surface area contributed by atoms with Crippen molar-refractivity contribution in [3.8, 4) is 5.75 Å². The highest BCUT2D eigenvalue weighted by Crippen LogP contribution is 2.23. The van der Waals surface area contributed by atoms with E-state index in [0.29, 0.717) is 18.7 Å². The average Bonchev–Trinajstić information content (AvgIpc) is 2.43. The number of carboxylic acids is 1. The molecule has 4 nitrogen and oxygen atoms in total. The summed E-state index contributed by atoms with van der Waals surface area (Å²) in [5.41, 5.74) is 0.423. The van der Waals surface area contributed by atoms with Crippen molar-refractivity contribution >= 4 is 12.0 Å². The fourth-order valence-corrected chi connectivity index (χ4v) is 1.79. The van der Waals surface area contributed by atoms with Crippen LogP contribution >= 0.6 is 0 Å². The molecule has 0 fully saturated rings. The van der Waals surface area contributed by atoms with Crippen LogP contribution in [0.1, 0.15) is 19.4 Å². The Morgan fingerprint density at radius 2 is 2.10 bits per heavy atom. The zero-order valence-corrected chi connectivity index (χ0v) is 11.8. The van der Waals surface area contributed by atoms with Gasteiger partial charge in [-0.25, -0.2) is 9.18 Å². The van der Waals surface area contributed by atoms with Gasteiger partial charge in [0.15, 0.2) is 11.6 Å². The van der Waals surface area contributed by atoms with Crippen LogP contribution in [0.15, 0.2) is 24.3 Å². The number of likely N-dealkylation sites (N-methyl/N-ethyl adjacent to an activating group) is 1. The summed E-state index contributed by atoms with van der Waals surface area (Å²) in [4.78, 5) is 12.7. The van der Waals surface area contributed by atoms with E-state index < -0.39 is 11.8 Å². The van der Waals surface area contributed by atoms with Crippen molar-refractivity contribution in [3.05, 3.63) is 35.7 Å². The van der Waals surface area contributed by atoms with Gasteiger partial charge in [-0.3, -0.25) is 0 Å². The van der Waals surface area contributed by atoms with E-state index in [1.54, 1.807) is 6.07 Å². The molecule has 0 aromatic heterocycles. The van der Waals surface area contributed by atoms with Crippen LogP contribution < -0.4 is 4.74 Å². The maximum atomic E-state index is 13.7. The molecule has 0 aliphatic carbocycles. The minimum absolute atomic E-state index is 0.0946. The van der Waals surface area contributed by atoms with Crippen molar-refractivity contribution in [2.45, 2.75) is 13.8 Å².